The lowest BCUT2D eigenvalue weighted by atomic mass is 10.0. The lowest BCUT2D eigenvalue weighted by Gasteiger charge is -2.19. The molecule has 0 aromatic heterocycles. The third kappa shape index (κ3) is 4.99. The summed E-state index contributed by atoms with van der Waals surface area (Å²) in [6.45, 7) is 5.34. The van der Waals surface area contributed by atoms with Crippen molar-refractivity contribution < 1.29 is 19.4 Å². The molecule has 5 nitrogen and oxygen atoms in total. The molecule has 0 aliphatic carbocycles. The molecule has 0 aliphatic rings. The first kappa shape index (κ1) is 17.8. The molecule has 2 N–H and O–H groups in total. The molecule has 0 unspecified atom stereocenters. The smallest absolute Gasteiger partial charge is 0.412 e. The van der Waals surface area contributed by atoms with Crippen LogP contribution in [-0.4, -0.2) is 22.8 Å². The van der Waals surface area contributed by atoms with E-state index in [1.807, 2.05) is 0 Å². The van der Waals surface area contributed by atoms with Crippen LogP contribution in [0.15, 0.2) is 42.5 Å². The van der Waals surface area contributed by atoms with Gasteiger partial charge in [0.05, 0.1) is 5.56 Å². The maximum absolute atomic E-state index is 11.8. The maximum Gasteiger partial charge on any atom is 0.412 e. The zero-order valence-corrected chi connectivity index (χ0v) is 14.3. The Labute approximate surface area is 145 Å². The van der Waals surface area contributed by atoms with Gasteiger partial charge in [0.15, 0.2) is 0 Å². The lowest BCUT2D eigenvalue weighted by Crippen LogP contribution is -2.27. The van der Waals surface area contributed by atoms with E-state index in [0.29, 0.717) is 16.3 Å². The molecule has 0 aliphatic heterocycles. The first-order valence-electron chi connectivity index (χ1n) is 7.28. The number of rotatable bonds is 3. The molecular weight excluding hydrogens is 330 g/mol. The fraction of sp³-hybridized carbons (Fsp3) is 0.222. The summed E-state index contributed by atoms with van der Waals surface area (Å²) in [6, 6.07) is 11.6. The summed E-state index contributed by atoms with van der Waals surface area (Å²) in [7, 11) is 0. The Bertz CT molecular complexity index is 781. The van der Waals surface area contributed by atoms with E-state index in [4.69, 9.17) is 21.4 Å². The van der Waals surface area contributed by atoms with Crippen molar-refractivity contribution in [3.63, 3.8) is 0 Å². The number of amides is 1. The monoisotopic (exact) mass is 347 g/mol. The topological polar surface area (TPSA) is 75.6 Å². The quantitative estimate of drug-likeness (QED) is 0.814. The minimum absolute atomic E-state index is 0.100. The van der Waals surface area contributed by atoms with Gasteiger partial charge in [-0.05, 0) is 62.2 Å². The highest BCUT2D eigenvalue weighted by Gasteiger charge is 2.16. The van der Waals surface area contributed by atoms with E-state index >= 15 is 0 Å². The molecule has 0 saturated carbocycles. The molecule has 0 saturated heterocycles. The van der Waals surface area contributed by atoms with Crippen molar-refractivity contribution in [1.29, 1.82) is 0 Å². The summed E-state index contributed by atoms with van der Waals surface area (Å²) in [5.74, 6) is -1.05. The summed E-state index contributed by atoms with van der Waals surface area (Å²) < 4.78 is 5.21. The van der Waals surface area contributed by atoms with Crippen molar-refractivity contribution >= 4 is 29.4 Å². The minimum atomic E-state index is -1.05. The molecule has 2 rings (SSSR count). The summed E-state index contributed by atoms with van der Waals surface area (Å²) in [5, 5.41) is 12.1. The van der Waals surface area contributed by atoms with Gasteiger partial charge in [0.1, 0.15) is 5.60 Å². The minimum Gasteiger partial charge on any atom is -0.478 e. The molecular formula is C18H18ClNO4. The van der Waals surface area contributed by atoms with E-state index < -0.39 is 17.7 Å². The van der Waals surface area contributed by atoms with Gasteiger partial charge in [-0.25, -0.2) is 9.59 Å². The van der Waals surface area contributed by atoms with Crippen molar-refractivity contribution in [3.8, 4) is 11.1 Å². The third-order valence-corrected chi connectivity index (χ3v) is 3.20. The second-order valence-electron chi connectivity index (χ2n) is 6.24. The summed E-state index contributed by atoms with van der Waals surface area (Å²) in [5.41, 5.74) is 1.42. The number of anilines is 1. The third-order valence-electron chi connectivity index (χ3n) is 2.99. The van der Waals surface area contributed by atoms with Gasteiger partial charge in [0, 0.05) is 10.7 Å². The zero-order valence-electron chi connectivity index (χ0n) is 13.6. The van der Waals surface area contributed by atoms with Gasteiger partial charge in [0.2, 0.25) is 0 Å². The Hall–Kier alpha value is -2.53. The molecule has 0 spiro atoms. The molecule has 0 atom stereocenters. The van der Waals surface area contributed by atoms with Gasteiger partial charge in [-0.3, -0.25) is 5.32 Å². The number of ether oxygens (including phenoxy) is 1. The molecule has 0 fully saturated rings. The average Bonchev–Trinajstić information content (AvgIpc) is 2.44. The molecule has 126 valence electrons. The van der Waals surface area contributed by atoms with Crippen LogP contribution in [0.25, 0.3) is 11.1 Å². The van der Waals surface area contributed by atoms with E-state index in [1.165, 1.54) is 12.1 Å². The molecule has 2 aromatic rings. The van der Waals surface area contributed by atoms with E-state index in [1.54, 1.807) is 51.1 Å². The Morgan fingerprint density at radius 2 is 1.79 bits per heavy atom. The van der Waals surface area contributed by atoms with Crippen LogP contribution in [0.2, 0.25) is 5.02 Å². The zero-order chi connectivity index (χ0) is 17.9. The van der Waals surface area contributed by atoms with Crippen molar-refractivity contribution in [1.82, 2.24) is 0 Å². The molecule has 24 heavy (non-hydrogen) atoms. The normalized spacial score (nSPS) is 11.0. The number of halogens is 1. The highest BCUT2D eigenvalue weighted by molar-refractivity contribution is 6.31. The van der Waals surface area contributed by atoms with Crippen molar-refractivity contribution in [2.24, 2.45) is 0 Å². The van der Waals surface area contributed by atoms with Gasteiger partial charge in [-0.15, -0.1) is 0 Å². The van der Waals surface area contributed by atoms with Crippen LogP contribution in [0, 0.1) is 0 Å². The molecule has 0 heterocycles. The second-order valence-corrected chi connectivity index (χ2v) is 6.68. The standard InChI is InChI=1S/C18H18ClNO4/c1-18(2,3)24-17(23)20-15-6-4-5-11(10-15)12-7-13(16(21)22)9-14(19)8-12/h4-10H,1-3H3,(H,20,23)(H,21,22). The van der Waals surface area contributed by atoms with Crippen LogP contribution < -0.4 is 5.32 Å². The number of hydrogen-bond acceptors (Lipinski definition) is 3. The van der Waals surface area contributed by atoms with Crippen molar-refractivity contribution in [3.05, 3.63) is 53.1 Å². The number of carboxylic acids is 1. The van der Waals surface area contributed by atoms with Crippen LogP contribution in [0.5, 0.6) is 0 Å². The highest BCUT2D eigenvalue weighted by atomic mass is 35.5. The molecule has 0 bridgehead atoms. The van der Waals surface area contributed by atoms with Gasteiger partial charge in [0.25, 0.3) is 0 Å². The van der Waals surface area contributed by atoms with Crippen LogP contribution in [0.4, 0.5) is 10.5 Å². The SMILES string of the molecule is CC(C)(C)OC(=O)Nc1cccc(-c2cc(Cl)cc(C(=O)O)c2)c1. The summed E-state index contributed by atoms with van der Waals surface area (Å²) in [4.78, 5) is 23.0. The molecule has 1 amide bonds. The van der Waals surface area contributed by atoms with Crippen LogP contribution in [0.1, 0.15) is 31.1 Å². The van der Waals surface area contributed by atoms with Gasteiger partial charge < -0.3 is 9.84 Å². The van der Waals surface area contributed by atoms with Crippen molar-refractivity contribution in [2.75, 3.05) is 5.32 Å². The number of carbonyl (C=O) groups is 2. The van der Waals surface area contributed by atoms with E-state index in [-0.39, 0.29) is 5.56 Å². The Morgan fingerprint density at radius 3 is 2.42 bits per heavy atom. The van der Waals surface area contributed by atoms with Crippen LogP contribution in [0.3, 0.4) is 0 Å². The predicted molar refractivity (Wildman–Crippen MR) is 93.7 cm³/mol. The number of hydrogen-bond donors (Lipinski definition) is 2. The number of aromatic carboxylic acids is 1. The highest BCUT2D eigenvalue weighted by Crippen LogP contribution is 2.27. The van der Waals surface area contributed by atoms with Crippen LogP contribution >= 0.6 is 11.6 Å². The predicted octanol–water partition coefficient (Wildman–Crippen LogP) is 5.05. The molecule has 6 heteroatoms. The lowest BCUT2D eigenvalue weighted by molar-refractivity contribution is 0.0634. The summed E-state index contributed by atoms with van der Waals surface area (Å²) in [6.07, 6.45) is -0.558. The van der Waals surface area contributed by atoms with Crippen LogP contribution in [-0.2, 0) is 4.74 Å². The van der Waals surface area contributed by atoms with E-state index in [9.17, 15) is 9.59 Å². The van der Waals surface area contributed by atoms with Gasteiger partial charge in [-0.1, -0.05) is 23.7 Å². The summed E-state index contributed by atoms with van der Waals surface area (Å²) >= 11 is 5.99. The van der Waals surface area contributed by atoms with Gasteiger partial charge >= 0.3 is 12.1 Å². The number of carbonyl (C=O) groups excluding carboxylic acids is 1. The number of nitrogens with one attached hydrogen (secondary N) is 1. The number of carboxylic acid groups (broad SMARTS) is 1. The molecule has 0 radical (unpaired) electrons. The van der Waals surface area contributed by atoms with E-state index in [0.717, 1.165) is 5.56 Å². The van der Waals surface area contributed by atoms with Gasteiger partial charge in [-0.2, -0.15) is 0 Å². The molecule has 2 aromatic carbocycles. The Morgan fingerprint density at radius 1 is 1.08 bits per heavy atom. The fourth-order valence-electron chi connectivity index (χ4n) is 2.08. The Balaban J connectivity index is 2.28. The number of benzene rings is 2. The largest absolute Gasteiger partial charge is 0.478 e. The van der Waals surface area contributed by atoms with Crippen molar-refractivity contribution in [2.45, 2.75) is 26.4 Å². The Kier molecular flexibility index (Phi) is 5.14. The second kappa shape index (κ2) is 6.93. The first-order chi connectivity index (χ1) is 11.1. The fourth-order valence-corrected chi connectivity index (χ4v) is 2.31. The maximum atomic E-state index is 11.8. The first-order valence-corrected chi connectivity index (χ1v) is 7.66. The average molecular weight is 348 g/mol. The van der Waals surface area contributed by atoms with E-state index in [2.05, 4.69) is 5.32 Å².